The van der Waals surface area contributed by atoms with Crippen LogP contribution in [0.5, 0.6) is 0 Å². The van der Waals surface area contributed by atoms with Crippen molar-refractivity contribution in [1.29, 1.82) is 0 Å². The molecule has 0 fully saturated rings. The molecule has 16 heavy (non-hydrogen) atoms. The third kappa shape index (κ3) is 13.9. The van der Waals surface area contributed by atoms with Crippen LogP contribution < -0.4 is 21.6 Å². The van der Waals surface area contributed by atoms with Gasteiger partial charge in [-0.3, -0.25) is 0 Å². The minimum Gasteiger partial charge on any atom is -0.429 e. The molecule has 0 aliphatic heterocycles. The van der Waals surface area contributed by atoms with Crippen molar-refractivity contribution < 1.29 is 9.31 Å². The summed E-state index contributed by atoms with van der Waals surface area (Å²) in [6.45, 7) is 4.86. The van der Waals surface area contributed by atoms with Crippen molar-refractivity contribution in [1.82, 2.24) is 15.9 Å². The minimum atomic E-state index is 0.257. The van der Waals surface area contributed by atoms with E-state index in [1.165, 1.54) is 0 Å². The molecule has 0 heterocycles. The first-order valence-electron chi connectivity index (χ1n) is 5.54. The Morgan fingerprint density at radius 3 is 2.44 bits per heavy atom. The smallest absolute Gasteiger partial charge is 0.395 e. The van der Waals surface area contributed by atoms with Crippen molar-refractivity contribution in [3.63, 3.8) is 0 Å². The maximum atomic E-state index is 5.16. The molecule has 5 N–H and O–H groups in total. The average molecular weight is 228 g/mol. The maximum absolute atomic E-state index is 5.16. The molecule has 0 aromatic carbocycles. The van der Waals surface area contributed by atoms with Gasteiger partial charge in [0.1, 0.15) is 0 Å². The highest BCUT2D eigenvalue weighted by atomic mass is 16.4. The fraction of sp³-hybridized carbons (Fsp3) is 1.00. The molecule has 0 aliphatic rings. The van der Waals surface area contributed by atoms with Crippen molar-refractivity contribution in [2.24, 2.45) is 5.73 Å². The summed E-state index contributed by atoms with van der Waals surface area (Å²) in [6.07, 6.45) is 0.877. The fourth-order valence-corrected chi connectivity index (χ4v) is 1.04. The molecule has 0 aliphatic carbocycles. The quantitative estimate of drug-likeness (QED) is 0.164. The molecular weight excluding hydrogens is 206 g/mol. The first-order chi connectivity index (χ1) is 7.91. The van der Waals surface area contributed by atoms with Crippen molar-refractivity contribution >= 4 is 15.1 Å². The molecule has 0 aromatic rings. The summed E-state index contributed by atoms with van der Waals surface area (Å²) in [5.41, 5.74) is 5.16. The lowest BCUT2D eigenvalue weighted by Gasteiger charge is -2.06. The van der Waals surface area contributed by atoms with Crippen LogP contribution in [-0.2, 0) is 9.31 Å². The molecule has 0 saturated heterocycles. The molecule has 0 aromatic heterocycles. The normalized spacial score (nSPS) is 10.4. The van der Waals surface area contributed by atoms with Gasteiger partial charge in [0, 0.05) is 26.7 Å². The van der Waals surface area contributed by atoms with E-state index in [0.29, 0.717) is 0 Å². The van der Waals surface area contributed by atoms with Gasteiger partial charge in [0.15, 0.2) is 0 Å². The summed E-state index contributed by atoms with van der Waals surface area (Å²) < 4.78 is 9.62. The molecular formula is C8H22B2N4O2. The van der Waals surface area contributed by atoms with Crippen LogP contribution >= 0.6 is 0 Å². The highest BCUT2D eigenvalue weighted by Crippen LogP contribution is 1.75. The van der Waals surface area contributed by atoms with Crippen LogP contribution in [0.2, 0.25) is 6.32 Å². The molecule has 92 valence electrons. The second-order valence-corrected chi connectivity index (χ2v) is 3.10. The summed E-state index contributed by atoms with van der Waals surface area (Å²) >= 11 is 0. The van der Waals surface area contributed by atoms with E-state index in [9.17, 15) is 0 Å². The second kappa shape index (κ2) is 14.9. The monoisotopic (exact) mass is 228 g/mol. The first-order valence-corrected chi connectivity index (χ1v) is 5.54. The third-order valence-electron chi connectivity index (χ3n) is 1.78. The SMILES string of the molecule is CO[B]NCCNCCNCC[B]OCN. The Morgan fingerprint density at radius 2 is 1.75 bits per heavy atom. The number of hydrogen-bond acceptors (Lipinski definition) is 6. The highest BCUT2D eigenvalue weighted by molar-refractivity contribution is 6.27. The number of rotatable bonds is 13. The number of nitrogens with one attached hydrogen (secondary N) is 3. The van der Waals surface area contributed by atoms with E-state index in [0.717, 1.165) is 39.0 Å². The van der Waals surface area contributed by atoms with E-state index < -0.39 is 0 Å². The second-order valence-electron chi connectivity index (χ2n) is 3.10. The predicted octanol–water partition coefficient (Wildman–Crippen LogP) is -2.09. The largest absolute Gasteiger partial charge is 0.429 e. The lowest BCUT2D eigenvalue weighted by Crippen LogP contribution is -2.34. The van der Waals surface area contributed by atoms with Crippen LogP contribution in [0.4, 0.5) is 0 Å². The van der Waals surface area contributed by atoms with Crippen molar-refractivity contribution in [3.8, 4) is 0 Å². The Hall–Kier alpha value is -0.110. The van der Waals surface area contributed by atoms with Gasteiger partial charge in [-0.05, 0) is 19.4 Å². The summed E-state index contributed by atoms with van der Waals surface area (Å²) in [6, 6.07) is 0. The summed E-state index contributed by atoms with van der Waals surface area (Å²) in [5.74, 6) is 0. The Morgan fingerprint density at radius 1 is 1.06 bits per heavy atom. The van der Waals surface area contributed by atoms with Crippen molar-refractivity contribution in [2.45, 2.75) is 6.32 Å². The number of nitrogens with two attached hydrogens (primary N) is 1. The van der Waals surface area contributed by atoms with Gasteiger partial charge in [-0.15, -0.1) is 0 Å². The molecule has 0 saturated carbocycles. The third-order valence-corrected chi connectivity index (χ3v) is 1.78. The molecule has 2 radical (unpaired) electrons. The van der Waals surface area contributed by atoms with E-state index in [-0.39, 0.29) is 6.73 Å². The Labute approximate surface area is 99.6 Å². The van der Waals surface area contributed by atoms with Gasteiger partial charge < -0.3 is 30.9 Å². The highest BCUT2D eigenvalue weighted by Gasteiger charge is 1.92. The van der Waals surface area contributed by atoms with Gasteiger partial charge >= 0.3 is 7.62 Å². The summed E-state index contributed by atoms with van der Waals surface area (Å²) in [5, 5.41) is 9.56. The Bertz CT molecular complexity index is 121. The van der Waals surface area contributed by atoms with E-state index in [4.69, 9.17) is 15.0 Å². The van der Waals surface area contributed by atoms with Gasteiger partial charge in [-0.2, -0.15) is 0 Å². The predicted molar refractivity (Wildman–Crippen MR) is 67.2 cm³/mol. The zero-order chi connectivity index (χ0) is 11.9. The summed E-state index contributed by atoms with van der Waals surface area (Å²) in [7, 11) is 4.92. The fourth-order valence-electron chi connectivity index (χ4n) is 1.04. The summed E-state index contributed by atoms with van der Waals surface area (Å²) in [4.78, 5) is 0. The van der Waals surface area contributed by atoms with Crippen LogP contribution in [-0.4, -0.2) is 61.7 Å². The van der Waals surface area contributed by atoms with Gasteiger partial charge in [-0.25, -0.2) is 0 Å². The van der Waals surface area contributed by atoms with Crippen LogP contribution in [0.3, 0.4) is 0 Å². The lowest BCUT2D eigenvalue weighted by molar-refractivity contribution is 0.348. The van der Waals surface area contributed by atoms with Crippen molar-refractivity contribution in [2.75, 3.05) is 46.6 Å². The maximum Gasteiger partial charge on any atom is 0.395 e. The zero-order valence-corrected chi connectivity index (χ0v) is 10.00. The Kier molecular flexibility index (Phi) is 14.8. The van der Waals surface area contributed by atoms with Crippen LogP contribution in [0.1, 0.15) is 0 Å². The topological polar surface area (TPSA) is 80.6 Å². The van der Waals surface area contributed by atoms with Gasteiger partial charge in [-0.1, -0.05) is 0 Å². The van der Waals surface area contributed by atoms with Gasteiger partial charge in [0.25, 0.3) is 7.48 Å². The van der Waals surface area contributed by atoms with Crippen LogP contribution in [0.15, 0.2) is 0 Å². The van der Waals surface area contributed by atoms with Gasteiger partial charge in [0.2, 0.25) is 0 Å². The molecule has 0 unspecified atom stereocenters. The molecule has 0 spiro atoms. The Balaban J connectivity index is 2.83. The lowest BCUT2D eigenvalue weighted by atomic mass is 9.96. The molecule has 0 atom stereocenters. The first kappa shape index (κ1) is 15.9. The average Bonchev–Trinajstić information content (AvgIpc) is 2.31. The van der Waals surface area contributed by atoms with E-state index >= 15 is 0 Å². The van der Waals surface area contributed by atoms with E-state index in [1.807, 2.05) is 0 Å². The van der Waals surface area contributed by atoms with E-state index in [2.05, 4.69) is 15.9 Å². The minimum absolute atomic E-state index is 0.257. The number of hydrogen-bond donors (Lipinski definition) is 4. The van der Waals surface area contributed by atoms with Gasteiger partial charge in [0.05, 0.1) is 6.73 Å². The van der Waals surface area contributed by atoms with Crippen LogP contribution in [0.25, 0.3) is 0 Å². The standard InChI is InChI=1S/C8H22B2N4O2/c1-15-10-14-7-6-13-5-4-12-3-2-9-16-8-11/h12-14H,2-8,11H2,1H3. The molecule has 6 nitrogen and oxygen atoms in total. The van der Waals surface area contributed by atoms with Crippen LogP contribution in [0, 0.1) is 0 Å². The molecule has 0 amide bonds. The molecule has 0 rings (SSSR count). The molecule has 8 heteroatoms. The van der Waals surface area contributed by atoms with Crippen molar-refractivity contribution in [3.05, 3.63) is 0 Å². The zero-order valence-electron chi connectivity index (χ0n) is 10.00. The molecule has 0 bridgehead atoms. The van der Waals surface area contributed by atoms with E-state index in [1.54, 1.807) is 22.2 Å².